The van der Waals surface area contributed by atoms with Gasteiger partial charge in [0.2, 0.25) is 0 Å². The van der Waals surface area contributed by atoms with Gasteiger partial charge in [-0.15, -0.1) is 34.2 Å². The maximum atomic E-state index is 4.24. The maximum absolute atomic E-state index is 4.24. The van der Waals surface area contributed by atoms with Gasteiger partial charge in [-0.3, -0.25) is 0 Å². The number of allylic oxidation sites excluding steroid dienone is 1. The predicted octanol–water partition coefficient (Wildman–Crippen LogP) is 11.1. The van der Waals surface area contributed by atoms with E-state index in [0.29, 0.717) is 27.3 Å². The SMILES string of the molecule is [CH2-]CCC1C([Si]c2cc3c(-c4ccc(C(C)C)cc4)cccc3[cH-]2)=Cc2c(-c3ccc(C(C)C)cc3)cccc21.[CH3-].[CH3-].[Hf+4]. The second-order valence-corrected chi connectivity index (χ2v) is 13.2. The molecular formula is C41H44HfSi. The quantitative estimate of drug-likeness (QED) is 0.110. The normalized spacial score (nSPS) is 13.7. The first-order chi connectivity index (χ1) is 19.4. The van der Waals surface area contributed by atoms with Crippen LogP contribution in [0.5, 0.6) is 0 Å². The molecule has 43 heavy (non-hydrogen) atoms. The van der Waals surface area contributed by atoms with Crippen molar-refractivity contribution in [3.63, 3.8) is 0 Å². The topological polar surface area (TPSA) is 0 Å². The van der Waals surface area contributed by atoms with E-state index in [0.717, 1.165) is 12.8 Å². The van der Waals surface area contributed by atoms with E-state index in [1.807, 2.05) is 0 Å². The molecule has 0 bridgehead atoms. The molecule has 1 aliphatic carbocycles. The molecule has 0 heterocycles. The minimum Gasteiger partial charge on any atom is -0.358 e. The van der Waals surface area contributed by atoms with Crippen molar-refractivity contribution in [3.05, 3.63) is 146 Å². The Morgan fingerprint density at radius 3 is 1.88 bits per heavy atom. The van der Waals surface area contributed by atoms with Gasteiger partial charge in [-0.2, -0.15) is 12.5 Å². The Hall–Kier alpha value is -2.68. The van der Waals surface area contributed by atoms with E-state index in [-0.39, 0.29) is 40.7 Å². The van der Waals surface area contributed by atoms with E-state index in [2.05, 4.69) is 138 Å². The van der Waals surface area contributed by atoms with E-state index in [4.69, 9.17) is 0 Å². The van der Waals surface area contributed by atoms with Crippen LogP contribution in [0.3, 0.4) is 0 Å². The Labute approximate surface area is 282 Å². The average molecular weight is 743 g/mol. The molecule has 1 unspecified atom stereocenters. The van der Waals surface area contributed by atoms with Gasteiger partial charge in [0.05, 0.1) is 9.52 Å². The fourth-order valence-corrected chi connectivity index (χ4v) is 7.65. The van der Waals surface area contributed by atoms with Crippen molar-refractivity contribution in [1.29, 1.82) is 0 Å². The van der Waals surface area contributed by atoms with E-state index in [1.165, 1.54) is 60.5 Å². The van der Waals surface area contributed by atoms with E-state index in [1.54, 1.807) is 5.20 Å². The molecule has 2 heteroatoms. The fraction of sp³-hybridized carbons (Fsp3) is 0.220. The molecule has 0 saturated carbocycles. The van der Waals surface area contributed by atoms with Crippen LogP contribution >= 0.6 is 0 Å². The molecule has 6 rings (SSSR count). The summed E-state index contributed by atoms with van der Waals surface area (Å²) in [5, 5.41) is 5.67. The maximum Gasteiger partial charge on any atom is 4.00 e. The van der Waals surface area contributed by atoms with Gasteiger partial charge in [-0.1, -0.05) is 124 Å². The molecule has 1 atom stereocenters. The third kappa shape index (κ3) is 7.02. The van der Waals surface area contributed by atoms with Crippen LogP contribution in [0.4, 0.5) is 0 Å². The summed E-state index contributed by atoms with van der Waals surface area (Å²) >= 11 is 0. The van der Waals surface area contributed by atoms with E-state index in [9.17, 15) is 0 Å². The van der Waals surface area contributed by atoms with Gasteiger partial charge < -0.3 is 21.8 Å². The zero-order valence-electron chi connectivity index (χ0n) is 26.7. The standard InChI is InChI=1S/C39H38Si.2CH3.Hf/c1-6-9-36-35-13-8-12-34(30-20-16-28(17-21-30)26(4)5)38(35)24-39(36)40-32-22-31-10-7-11-33(37(31)23-32)29-18-14-27(15-19-29)25(2)3;;;/h7-8,10-26,36H,1,6,9H2,2-5H3;2*1H3;/q-2;2*-1;+4. The zero-order valence-corrected chi connectivity index (χ0v) is 31.3. The number of rotatable bonds is 8. The molecule has 2 radical (unpaired) electrons. The summed E-state index contributed by atoms with van der Waals surface area (Å²) < 4.78 is 0. The first kappa shape index (κ1) is 34.8. The van der Waals surface area contributed by atoms with Crippen LogP contribution in [-0.2, 0) is 25.8 Å². The molecule has 0 spiro atoms. The van der Waals surface area contributed by atoms with Crippen LogP contribution in [-0.4, -0.2) is 9.52 Å². The third-order valence-electron chi connectivity index (χ3n) is 8.50. The second kappa shape index (κ2) is 14.9. The number of fused-ring (bicyclic) bond motifs is 2. The van der Waals surface area contributed by atoms with Gasteiger partial charge in [0.15, 0.2) is 0 Å². The van der Waals surface area contributed by atoms with E-state index < -0.39 is 0 Å². The van der Waals surface area contributed by atoms with Gasteiger partial charge in [0.1, 0.15) is 0 Å². The zero-order chi connectivity index (χ0) is 27.8. The van der Waals surface area contributed by atoms with Gasteiger partial charge in [0, 0.05) is 0 Å². The minimum absolute atomic E-state index is 0. The van der Waals surface area contributed by atoms with Crippen LogP contribution in [0.15, 0.2) is 102 Å². The Bertz CT molecular complexity index is 1670. The van der Waals surface area contributed by atoms with Crippen LogP contribution in [0.1, 0.15) is 80.5 Å². The summed E-state index contributed by atoms with van der Waals surface area (Å²) in [5.74, 6) is 1.54. The average Bonchev–Trinajstić information content (AvgIpc) is 3.54. The summed E-state index contributed by atoms with van der Waals surface area (Å²) in [6, 6.07) is 36.8. The van der Waals surface area contributed by atoms with Crippen LogP contribution in [0.25, 0.3) is 39.1 Å². The van der Waals surface area contributed by atoms with E-state index >= 15 is 0 Å². The monoisotopic (exact) mass is 744 g/mol. The Morgan fingerprint density at radius 2 is 1.30 bits per heavy atom. The number of benzene rings is 4. The van der Waals surface area contributed by atoms with Crippen LogP contribution in [0.2, 0.25) is 0 Å². The summed E-state index contributed by atoms with van der Waals surface area (Å²) in [7, 11) is 0.658. The van der Waals surface area contributed by atoms with Crippen molar-refractivity contribution < 1.29 is 25.8 Å². The summed E-state index contributed by atoms with van der Waals surface area (Å²) in [6.07, 6.45) is 4.54. The molecule has 0 nitrogen and oxygen atoms in total. The minimum atomic E-state index is 0. The van der Waals surface area contributed by atoms with Gasteiger partial charge in [0.25, 0.3) is 0 Å². The second-order valence-electron chi connectivity index (χ2n) is 11.8. The molecule has 5 aromatic carbocycles. The Balaban J connectivity index is 0.00000169. The van der Waals surface area contributed by atoms with Crippen molar-refractivity contribution in [2.45, 2.75) is 58.3 Å². The largest absolute Gasteiger partial charge is 4.00 e. The predicted molar refractivity (Wildman–Crippen MR) is 189 cm³/mol. The van der Waals surface area contributed by atoms with Crippen LogP contribution < -0.4 is 5.19 Å². The molecule has 5 aromatic rings. The summed E-state index contributed by atoms with van der Waals surface area (Å²) in [5.41, 5.74) is 10.9. The van der Waals surface area contributed by atoms with Gasteiger partial charge in [-0.05, 0) is 56.7 Å². The molecule has 0 saturated heterocycles. The molecule has 216 valence electrons. The third-order valence-corrected chi connectivity index (χ3v) is 9.86. The van der Waals surface area contributed by atoms with Crippen molar-refractivity contribution in [1.82, 2.24) is 0 Å². The Kier molecular flexibility index (Phi) is 12.0. The van der Waals surface area contributed by atoms with Gasteiger partial charge >= 0.3 is 25.8 Å². The summed E-state index contributed by atoms with van der Waals surface area (Å²) in [6.45, 7) is 13.3. The first-order valence-corrected chi connectivity index (χ1v) is 15.7. The fourth-order valence-electron chi connectivity index (χ4n) is 6.18. The van der Waals surface area contributed by atoms with Crippen molar-refractivity contribution in [2.24, 2.45) is 0 Å². The molecule has 1 aliphatic rings. The molecule has 0 aliphatic heterocycles. The smallest absolute Gasteiger partial charge is 0.358 e. The number of hydrogen-bond donors (Lipinski definition) is 0. The van der Waals surface area contributed by atoms with Crippen molar-refractivity contribution in [2.75, 3.05) is 0 Å². The Morgan fingerprint density at radius 1 is 0.744 bits per heavy atom. The molecule has 0 fully saturated rings. The number of hydrogen-bond acceptors (Lipinski definition) is 0. The molecule has 0 aromatic heterocycles. The van der Waals surface area contributed by atoms with Crippen molar-refractivity contribution >= 4 is 31.6 Å². The molecule has 0 N–H and O–H groups in total. The molecule has 0 amide bonds. The van der Waals surface area contributed by atoms with Crippen LogP contribution in [0, 0.1) is 21.8 Å². The van der Waals surface area contributed by atoms with Gasteiger partial charge in [-0.25, -0.2) is 0 Å². The summed E-state index contributed by atoms with van der Waals surface area (Å²) in [4.78, 5) is 0. The van der Waals surface area contributed by atoms with Crippen molar-refractivity contribution in [3.8, 4) is 22.3 Å². The molecular weight excluding hydrogens is 699 g/mol. The first-order valence-electron chi connectivity index (χ1n) is 14.7.